The molecule has 1 aromatic heterocycles. The van der Waals surface area contributed by atoms with Crippen molar-refractivity contribution in [2.45, 2.75) is 32.0 Å². The lowest BCUT2D eigenvalue weighted by molar-refractivity contribution is -0.141. The summed E-state index contributed by atoms with van der Waals surface area (Å²) in [6, 6.07) is 26.8. The second-order valence-corrected chi connectivity index (χ2v) is 10.4. The molecule has 0 fully saturated rings. The number of carbonyl (C=O) groups excluding carboxylic acids is 2. The fourth-order valence-corrected chi connectivity index (χ4v) is 5.61. The average Bonchev–Trinajstić information content (AvgIpc) is 3.62. The van der Waals surface area contributed by atoms with Gasteiger partial charge in [0, 0.05) is 36.6 Å². The standard InChI is InChI=1S/C31H30FN3O2S/c32-26-14-12-25(13-15-26)30(31(37)33-21-23-7-2-1-3-8-23)35(22-27-10-6-20-38-27)29(36)17-19-34-18-16-24-9-4-5-11-28(24)34/h1-15,20,30H,16-19,21-22H2,(H,33,37)/t30-/m1/s1. The highest BCUT2D eigenvalue weighted by Gasteiger charge is 2.32. The highest BCUT2D eigenvalue weighted by molar-refractivity contribution is 7.09. The molecule has 194 valence electrons. The maximum atomic E-state index is 13.8. The molecule has 5 rings (SSSR count). The molecule has 4 aromatic rings. The third kappa shape index (κ3) is 6.11. The summed E-state index contributed by atoms with van der Waals surface area (Å²) in [5.41, 5.74) is 4.00. The minimum atomic E-state index is -0.889. The lowest BCUT2D eigenvalue weighted by atomic mass is 10.0. The summed E-state index contributed by atoms with van der Waals surface area (Å²) in [4.78, 5) is 32.4. The third-order valence-electron chi connectivity index (χ3n) is 6.86. The predicted octanol–water partition coefficient (Wildman–Crippen LogP) is 5.73. The molecule has 0 saturated carbocycles. The molecule has 0 unspecified atom stereocenters. The van der Waals surface area contributed by atoms with Crippen LogP contribution in [0.2, 0.25) is 0 Å². The van der Waals surface area contributed by atoms with E-state index < -0.39 is 6.04 Å². The van der Waals surface area contributed by atoms with Crippen LogP contribution >= 0.6 is 11.3 Å². The van der Waals surface area contributed by atoms with E-state index in [2.05, 4.69) is 22.3 Å². The molecule has 1 aliphatic rings. The fraction of sp³-hybridized carbons (Fsp3) is 0.226. The Bertz CT molecular complexity index is 1360. The number of thiophene rings is 1. The van der Waals surface area contributed by atoms with Gasteiger partial charge in [-0.1, -0.05) is 66.7 Å². The number of amides is 2. The lowest BCUT2D eigenvalue weighted by Gasteiger charge is -2.32. The van der Waals surface area contributed by atoms with E-state index in [-0.39, 0.29) is 24.1 Å². The summed E-state index contributed by atoms with van der Waals surface area (Å²) >= 11 is 1.54. The van der Waals surface area contributed by atoms with E-state index in [9.17, 15) is 14.0 Å². The Balaban J connectivity index is 1.40. The summed E-state index contributed by atoms with van der Waals surface area (Å²) < 4.78 is 13.8. The molecule has 0 spiro atoms. The molecular weight excluding hydrogens is 497 g/mol. The molecule has 0 bridgehead atoms. The molecule has 0 saturated heterocycles. The molecule has 3 aromatic carbocycles. The number of anilines is 1. The van der Waals surface area contributed by atoms with Crippen LogP contribution in [0.4, 0.5) is 10.1 Å². The van der Waals surface area contributed by atoms with Crippen molar-refractivity contribution in [3.63, 3.8) is 0 Å². The Labute approximate surface area is 226 Å². The van der Waals surface area contributed by atoms with Gasteiger partial charge in [-0.25, -0.2) is 4.39 Å². The molecular formula is C31H30FN3O2S. The molecule has 5 nitrogen and oxygen atoms in total. The van der Waals surface area contributed by atoms with Crippen molar-refractivity contribution in [2.75, 3.05) is 18.0 Å². The molecule has 1 aliphatic heterocycles. The van der Waals surface area contributed by atoms with Crippen molar-refractivity contribution in [3.05, 3.63) is 124 Å². The van der Waals surface area contributed by atoms with Crippen molar-refractivity contribution in [1.82, 2.24) is 10.2 Å². The number of fused-ring (bicyclic) bond motifs is 1. The molecule has 1 atom stereocenters. The minimum Gasteiger partial charge on any atom is -0.370 e. The Morgan fingerprint density at radius 2 is 1.71 bits per heavy atom. The third-order valence-corrected chi connectivity index (χ3v) is 7.72. The Hall–Kier alpha value is -3.97. The zero-order valence-electron chi connectivity index (χ0n) is 21.1. The van der Waals surface area contributed by atoms with Crippen LogP contribution in [-0.4, -0.2) is 29.8 Å². The fourth-order valence-electron chi connectivity index (χ4n) is 4.91. The van der Waals surface area contributed by atoms with Crippen molar-refractivity contribution < 1.29 is 14.0 Å². The van der Waals surface area contributed by atoms with E-state index in [1.165, 1.54) is 23.4 Å². The summed E-state index contributed by atoms with van der Waals surface area (Å²) in [7, 11) is 0. The van der Waals surface area contributed by atoms with Gasteiger partial charge in [0.2, 0.25) is 11.8 Å². The van der Waals surface area contributed by atoms with Gasteiger partial charge in [-0.15, -0.1) is 11.3 Å². The van der Waals surface area contributed by atoms with Gasteiger partial charge in [-0.3, -0.25) is 9.59 Å². The average molecular weight is 528 g/mol. The zero-order chi connectivity index (χ0) is 26.3. The normalized spacial score (nSPS) is 13.1. The van der Waals surface area contributed by atoms with Crippen LogP contribution in [0.1, 0.15) is 34.0 Å². The number of rotatable bonds is 10. The van der Waals surface area contributed by atoms with Crippen LogP contribution in [0.25, 0.3) is 0 Å². The van der Waals surface area contributed by atoms with E-state index in [1.54, 1.807) is 28.4 Å². The smallest absolute Gasteiger partial charge is 0.247 e. The van der Waals surface area contributed by atoms with E-state index in [1.807, 2.05) is 60.0 Å². The Morgan fingerprint density at radius 3 is 2.47 bits per heavy atom. The van der Waals surface area contributed by atoms with Gasteiger partial charge < -0.3 is 15.1 Å². The topological polar surface area (TPSA) is 52.7 Å². The summed E-state index contributed by atoms with van der Waals surface area (Å²) in [5.74, 6) is -0.801. The van der Waals surface area contributed by atoms with Gasteiger partial charge in [0.15, 0.2) is 0 Å². The van der Waals surface area contributed by atoms with Crippen molar-refractivity contribution in [2.24, 2.45) is 0 Å². The van der Waals surface area contributed by atoms with Gasteiger partial charge in [0.05, 0.1) is 6.54 Å². The van der Waals surface area contributed by atoms with Crippen LogP contribution in [0, 0.1) is 5.82 Å². The molecule has 2 amide bonds. The van der Waals surface area contributed by atoms with Crippen molar-refractivity contribution >= 4 is 28.8 Å². The van der Waals surface area contributed by atoms with Crippen LogP contribution in [0.15, 0.2) is 96.4 Å². The van der Waals surface area contributed by atoms with Gasteiger partial charge >= 0.3 is 0 Å². The highest BCUT2D eigenvalue weighted by atomic mass is 32.1. The monoisotopic (exact) mass is 527 g/mol. The van der Waals surface area contributed by atoms with E-state index in [0.29, 0.717) is 25.2 Å². The molecule has 1 N–H and O–H groups in total. The highest BCUT2D eigenvalue weighted by Crippen LogP contribution is 2.29. The first-order chi connectivity index (χ1) is 18.6. The van der Waals surface area contributed by atoms with Crippen LogP contribution in [0.3, 0.4) is 0 Å². The zero-order valence-corrected chi connectivity index (χ0v) is 21.9. The number of halogens is 1. The molecule has 0 aliphatic carbocycles. The molecule has 0 radical (unpaired) electrons. The van der Waals surface area contributed by atoms with Crippen molar-refractivity contribution in [1.29, 1.82) is 0 Å². The van der Waals surface area contributed by atoms with Gasteiger partial charge in [0.25, 0.3) is 0 Å². The maximum Gasteiger partial charge on any atom is 0.247 e. The summed E-state index contributed by atoms with van der Waals surface area (Å²) in [5, 5.41) is 4.96. The number of hydrogen-bond donors (Lipinski definition) is 1. The largest absolute Gasteiger partial charge is 0.370 e. The number of hydrogen-bond acceptors (Lipinski definition) is 4. The quantitative estimate of drug-likeness (QED) is 0.287. The number of carbonyl (C=O) groups is 2. The van der Waals surface area contributed by atoms with E-state index in [0.717, 1.165) is 23.4 Å². The van der Waals surface area contributed by atoms with Gasteiger partial charge in [-0.2, -0.15) is 0 Å². The summed E-state index contributed by atoms with van der Waals surface area (Å²) in [6.07, 6.45) is 1.23. The lowest BCUT2D eigenvalue weighted by Crippen LogP contribution is -2.44. The number of nitrogens with one attached hydrogen (secondary N) is 1. The predicted molar refractivity (Wildman–Crippen MR) is 149 cm³/mol. The number of benzene rings is 3. The van der Waals surface area contributed by atoms with Crippen molar-refractivity contribution in [3.8, 4) is 0 Å². The van der Waals surface area contributed by atoms with E-state index in [4.69, 9.17) is 0 Å². The van der Waals surface area contributed by atoms with Crippen LogP contribution in [-0.2, 0) is 29.1 Å². The van der Waals surface area contributed by atoms with E-state index >= 15 is 0 Å². The van der Waals surface area contributed by atoms with Crippen LogP contribution < -0.4 is 10.2 Å². The molecule has 38 heavy (non-hydrogen) atoms. The first-order valence-corrected chi connectivity index (χ1v) is 13.7. The van der Waals surface area contributed by atoms with Gasteiger partial charge in [0.1, 0.15) is 11.9 Å². The second-order valence-electron chi connectivity index (χ2n) is 9.37. The molecule has 2 heterocycles. The minimum absolute atomic E-state index is 0.119. The Morgan fingerprint density at radius 1 is 0.947 bits per heavy atom. The second kappa shape index (κ2) is 12.0. The first-order valence-electron chi connectivity index (χ1n) is 12.8. The summed E-state index contributed by atoms with van der Waals surface area (Å²) in [6.45, 7) is 2.08. The first kappa shape index (κ1) is 25.7. The number of nitrogens with zero attached hydrogens (tertiary/aromatic N) is 2. The molecule has 7 heteroatoms. The maximum absolute atomic E-state index is 13.8. The SMILES string of the molecule is O=C(NCc1ccccc1)[C@@H](c1ccc(F)cc1)N(Cc1cccs1)C(=O)CCN1CCc2ccccc21. The number of para-hydroxylation sites is 1. The Kier molecular flexibility index (Phi) is 8.14. The van der Waals surface area contributed by atoms with Gasteiger partial charge in [-0.05, 0) is 52.8 Å². The van der Waals surface area contributed by atoms with Crippen LogP contribution in [0.5, 0.6) is 0 Å².